The number of carbonyl (C=O) groups excluding carboxylic acids is 3. The summed E-state index contributed by atoms with van der Waals surface area (Å²) in [5, 5.41) is 0. The third-order valence-electron chi connectivity index (χ3n) is 9.56. The quantitative estimate of drug-likeness (QED) is 0.444. The molecule has 1 unspecified atom stereocenters. The minimum atomic E-state index is -0.713. The first kappa shape index (κ1) is 18.6. The van der Waals surface area contributed by atoms with Gasteiger partial charge < -0.3 is 15.2 Å². The van der Waals surface area contributed by atoms with Crippen LogP contribution in [0.25, 0.3) is 0 Å². The van der Waals surface area contributed by atoms with Crippen LogP contribution in [0.15, 0.2) is 0 Å². The van der Waals surface area contributed by atoms with Gasteiger partial charge in [-0.2, -0.15) is 0 Å². The normalized spacial score (nSPS) is 54.0. The lowest BCUT2D eigenvalue weighted by atomic mass is 9.44. The monoisotopic (exact) mass is 389 g/mol. The number of epoxide rings is 1. The van der Waals surface area contributed by atoms with Crippen LogP contribution in [0.2, 0.25) is 0 Å². The second-order valence-corrected chi connectivity index (χ2v) is 10.5. The zero-order valence-corrected chi connectivity index (χ0v) is 17.0. The molecule has 5 aliphatic rings. The van der Waals surface area contributed by atoms with Gasteiger partial charge in [-0.15, -0.1) is 0 Å². The molecule has 1 spiro atoms. The molecule has 0 aromatic carbocycles. The molecule has 1 amide bonds. The number of nitrogens with two attached hydrogens (primary N) is 1. The van der Waals surface area contributed by atoms with Crippen LogP contribution in [0.3, 0.4) is 0 Å². The van der Waals surface area contributed by atoms with Crippen LogP contribution in [-0.2, 0) is 23.9 Å². The van der Waals surface area contributed by atoms with E-state index in [4.69, 9.17) is 15.2 Å². The molecule has 4 aliphatic carbocycles. The van der Waals surface area contributed by atoms with Crippen molar-refractivity contribution in [1.29, 1.82) is 0 Å². The summed E-state index contributed by atoms with van der Waals surface area (Å²) in [4.78, 5) is 36.2. The average molecular weight is 389 g/mol. The third kappa shape index (κ3) is 2.10. The van der Waals surface area contributed by atoms with Crippen LogP contribution in [0.5, 0.6) is 0 Å². The second-order valence-electron chi connectivity index (χ2n) is 10.5. The lowest BCUT2D eigenvalue weighted by Crippen LogP contribution is -2.61. The van der Waals surface area contributed by atoms with E-state index in [0.717, 1.165) is 38.5 Å². The number of Topliss-reactive ketones (excluding diaryl/α,β-unsaturated/α-hetero) is 1. The summed E-state index contributed by atoms with van der Waals surface area (Å²) in [5.41, 5.74) is 5.06. The lowest BCUT2D eigenvalue weighted by Gasteiger charge is -2.59. The maximum absolute atomic E-state index is 12.7. The zero-order chi connectivity index (χ0) is 20.1. The molecular formula is C22H31NO5. The van der Waals surface area contributed by atoms with E-state index in [-0.39, 0.29) is 34.3 Å². The molecule has 1 heterocycles. The van der Waals surface area contributed by atoms with E-state index >= 15 is 0 Å². The van der Waals surface area contributed by atoms with Gasteiger partial charge in [-0.1, -0.05) is 13.8 Å². The Labute approximate surface area is 165 Å². The number of fused-ring (bicyclic) bond motifs is 4. The number of primary amides is 1. The van der Waals surface area contributed by atoms with Crippen molar-refractivity contribution in [3.63, 3.8) is 0 Å². The van der Waals surface area contributed by atoms with Gasteiger partial charge in [0.15, 0.2) is 5.78 Å². The van der Waals surface area contributed by atoms with Gasteiger partial charge in [0.1, 0.15) is 17.8 Å². The first-order valence-corrected chi connectivity index (χ1v) is 10.8. The second kappa shape index (κ2) is 5.59. The molecule has 0 aromatic rings. The minimum Gasteiger partial charge on any atom is -0.462 e. The highest BCUT2D eigenvalue weighted by atomic mass is 16.6. The van der Waals surface area contributed by atoms with Gasteiger partial charge in [0.25, 0.3) is 0 Å². The van der Waals surface area contributed by atoms with Crippen LogP contribution in [0.4, 0.5) is 0 Å². The number of esters is 1. The van der Waals surface area contributed by atoms with Crippen molar-refractivity contribution in [2.45, 2.75) is 83.5 Å². The van der Waals surface area contributed by atoms with E-state index in [0.29, 0.717) is 24.2 Å². The summed E-state index contributed by atoms with van der Waals surface area (Å²) in [6, 6.07) is 0. The molecule has 1 aliphatic heterocycles. The van der Waals surface area contributed by atoms with Crippen LogP contribution in [0.1, 0.15) is 65.7 Å². The molecule has 0 bridgehead atoms. The Hall–Kier alpha value is -1.43. The molecule has 5 fully saturated rings. The number of hydrogen-bond acceptors (Lipinski definition) is 5. The standard InChI is InChI=1S/C22H31NO5/c1-11(24)27-16-5-4-14-12-6-9-22-18(28-22)17(25)13(19(23)26)10-21(22,3)15(12)7-8-20(14,16)2/h12-16,18H,4-10H2,1-3H3,(H2,23,26)/t12-,13?,14-,15-,16-,18+,20-,21+,22+/m0/s1. The maximum atomic E-state index is 12.7. The molecule has 2 N–H and O–H groups in total. The summed E-state index contributed by atoms with van der Waals surface area (Å²) in [5.74, 6) is -0.0276. The van der Waals surface area contributed by atoms with Gasteiger partial charge in [-0.05, 0) is 62.7 Å². The van der Waals surface area contributed by atoms with Crippen molar-refractivity contribution in [3.8, 4) is 0 Å². The van der Waals surface area contributed by atoms with E-state index in [1.54, 1.807) is 0 Å². The highest BCUT2D eigenvalue weighted by Gasteiger charge is 2.78. The number of rotatable bonds is 2. The van der Waals surface area contributed by atoms with Gasteiger partial charge in [0.2, 0.25) is 5.91 Å². The van der Waals surface area contributed by atoms with E-state index in [1.165, 1.54) is 6.92 Å². The third-order valence-corrected chi connectivity index (χ3v) is 9.56. The van der Waals surface area contributed by atoms with E-state index < -0.39 is 17.9 Å². The average Bonchev–Trinajstić information content (AvgIpc) is 3.28. The lowest BCUT2D eigenvalue weighted by molar-refractivity contribution is -0.162. The molecule has 4 saturated carbocycles. The maximum Gasteiger partial charge on any atom is 0.302 e. The smallest absolute Gasteiger partial charge is 0.302 e. The first-order chi connectivity index (χ1) is 13.1. The fraction of sp³-hybridized carbons (Fsp3) is 0.864. The summed E-state index contributed by atoms with van der Waals surface area (Å²) in [6.45, 7) is 6.04. The van der Waals surface area contributed by atoms with E-state index in [9.17, 15) is 14.4 Å². The summed E-state index contributed by atoms with van der Waals surface area (Å²) >= 11 is 0. The van der Waals surface area contributed by atoms with Gasteiger partial charge in [0.05, 0.1) is 5.92 Å². The molecule has 154 valence electrons. The fourth-order valence-corrected chi connectivity index (χ4v) is 8.17. The van der Waals surface area contributed by atoms with Crippen LogP contribution < -0.4 is 5.73 Å². The predicted molar refractivity (Wildman–Crippen MR) is 99.9 cm³/mol. The minimum absolute atomic E-state index is 0.0101. The van der Waals surface area contributed by atoms with Crippen molar-refractivity contribution < 1.29 is 23.9 Å². The fourth-order valence-electron chi connectivity index (χ4n) is 8.17. The Morgan fingerprint density at radius 2 is 1.86 bits per heavy atom. The van der Waals surface area contributed by atoms with E-state index in [2.05, 4.69) is 13.8 Å². The molecule has 5 rings (SSSR count). The molecule has 6 nitrogen and oxygen atoms in total. The Morgan fingerprint density at radius 1 is 1.11 bits per heavy atom. The summed E-state index contributed by atoms with van der Waals surface area (Å²) in [6.07, 6.45) is 6.11. The Bertz CT molecular complexity index is 766. The summed E-state index contributed by atoms with van der Waals surface area (Å²) < 4.78 is 11.8. The SMILES string of the molecule is CC(=O)O[C@H]1CC[C@H]2[C@@H]3CC[C@@]45O[C@@H]4C(=O)C(C(N)=O)C[C@]5(C)[C@H]3CC[C@]12C. The van der Waals surface area contributed by atoms with Gasteiger partial charge in [0, 0.05) is 17.8 Å². The molecule has 0 radical (unpaired) electrons. The van der Waals surface area contributed by atoms with Crippen molar-refractivity contribution in [3.05, 3.63) is 0 Å². The number of amides is 1. The Morgan fingerprint density at radius 3 is 2.54 bits per heavy atom. The highest BCUT2D eigenvalue weighted by molar-refractivity contribution is 6.05. The van der Waals surface area contributed by atoms with Crippen LogP contribution in [-0.4, -0.2) is 35.5 Å². The van der Waals surface area contributed by atoms with Crippen LogP contribution >= 0.6 is 0 Å². The molecule has 9 atom stereocenters. The van der Waals surface area contributed by atoms with Crippen molar-refractivity contribution in [2.75, 3.05) is 0 Å². The largest absolute Gasteiger partial charge is 0.462 e. The van der Waals surface area contributed by atoms with Crippen LogP contribution in [0, 0.1) is 34.5 Å². The Kier molecular flexibility index (Phi) is 3.71. The number of ketones is 1. The van der Waals surface area contributed by atoms with Crippen molar-refractivity contribution >= 4 is 17.7 Å². The zero-order valence-electron chi connectivity index (χ0n) is 17.0. The van der Waals surface area contributed by atoms with E-state index in [1.807, 2.05) is 0 Å². The molecule has 1 saturated heterocycles. The van der Waals surface area contributed by atoms with Gasteiger partial charge >= 0.3 is 5.97 Å². The van der Waals surface area contributed by atoms with Crippen molar-refractivity contribution in [1.82, 2.24) is 0 Å². The molecular weight excluding hydrogens is 358 g/mol. The number of hydrogen-bond donors (Lipinski definition) is 1. The topological polar surface area (TPSA) is 99.0 Å². The summed E-state index contributed by atoms with van der Waals surface area (Å²) in [7, 11) is 0. The first-order valence-electron chi connectivity index (χ1n) is 10.8. The van der Waals surface area contributed by atoms with Crippen molar-refractivity contribution in [2.24, 2.45) is 40.2 Å². The Balaban J connectivity index is 1.46. The number of carbonyl (C=O) groups is 3. The molecule has 6 heteroatoms. The molecule has 0 aromatic heterocycles. The predicted octanol–water partition coefficient (Wildman–Crippen LogP) is 2.37. The highest BCUT2D eigenvalue weighted by Crippen LogP contribution is 2.72. The number of ether oxygens (including phenoxy) is 2. The van der Waals surface area contributed by atoms with Gasteiger partial charge in [-0.3, -0.25) is 14.4 Å². The molecule has 28 heavy (non-hydrogen) atoms. The van der Waals surface area contributed by atoms with Gasteiger partial charge in [-0.25, -0.2) is 0 Å².